The summed E-state index contributed by atoms with van der Waals surface area (Å²) in [7, 11) is 0. The maximum absolute atomic E-state index is 12.1. The molecule has 9 nitrogen and oxygen atoms in total. The van der Waals surface area contributed by atoms with Crippen LogP contribution in [0.2, 0.25) is 0 Å². The molecule has 0 saturated heterocycles. The van der Waals surface area contributed by atoms with Crippen LogP contribution in [0, 0.1) is 5.92 Å². The van der Waals surface area contributed by atoms with Crippen LogP contribution in [0.25, 0.3) is 0 Å². The predicted molar refractivity (Wildman–Crippen MR) is 125 cm³/mol. The zero-order chi connectivity index (χ0) is 20.7. The van der Waals surface area contributed by atoms with Crippen molar-refractivity contribution in [2.45, 2.75) is 78.6 Å². The van der Waals surface area contributed by atoms with Crippen LogP contribution in [0.15, 0.2) is 11.3 Å². The SMILES string of the molecule is CCNC(=NCC(NC(=O)OC(C)(C)C)C(C)C)NC1CCc2ncnn2C1.I. The molecule has 0 fully saturated rings. The van der Waals surface area contributed by atoms with Gasteiger partial charge < -0.3 is 20.7 Å². The summed E-state index contributed by atoms with van der Waals surface area (Å²) in [6.07, 6.45) is 3.07. The number of aliphatic imine (C=N–C) groups is 1. The molecule has 2 unspecified atom stereocenters. The third-order valence-corrected chi connectivity index (χ3v) is 4.44. The van der Waals surface area contributed by atoms with Gasteiger partial charge in [0.05, 0.1) is 19.1 Å². The van der Waals surface area contributed by atoms with Crippen molar-refractivity contribution in [1.29, 1.82) is 0 Å². The number of rotatable bonds is 6. The number of fused-ring (bicyclic) bond motifs is 1. The third kappa shape index (κ3) is 8.75. The van der Waals surface area contributed by atoms with Crippen LogP contribution in [-0.4, -0.2) is 57.6 Å². The molecule has 1 aliphatic heterocycles. The van der Waals surface area contributed by atoms with E-state index in [-0.39, 0.29) is 42.0 Å². The van der Waals surface area contributed by atoms with Crippen molar-refractivity contribution in [3.05, 3.63) is 12.2 Å². The van der Waals surface area contributed by atoms with E-state index in [1.54, 1.807) is 6.33 Å². The highest BCUT2D eigenvalue weighted by atomic mass is 127. The molecule has 2 atom stereocenters. The monoisotopic (exact) mass is 521 g/mol. The molecule has 2 rings (SSSR count). The van der Waals surface area contributed by atoms with E-state index < -0.39 is 11.7 Å². The van der Waals surface area contributed by atoms with E-state index in [0.29, 0.717) is 6.54 Å². The third-order valence-electron chi connectivity index (χ3n) is 4.44. The van der Waals surface area contributed by atoms with E-state index in [1.807, 2.05) is 32.4 Å². The van der Waals surface area contributed by atoms with Crippen molar-refractivity contribution < 1.29 is 9.53 Å². The van der Waals surface area contributed by atoms with Gasteiger partial charge in [0.25, 0.3) is 0 Å². The second-order valence-corrected chi connectivity index (χ2v) is 8.45. The molecule has 10 heteroatoms. The molecular weight excluding hydrogens is 485 g/mol. The van der Waals surface area contributed by atoms with Crippen LogP contribution in [0.4, 0.5) is 4.79 Å². The molecule has 1 amide bonds. The highest BCUT2D eigenvalue weighted by Crippen LogP contribution is 2.12. The van der Waals surface area contributed by atoms with E-state index in [1.165, 1.54) is 0 Å². The lowest BCUT2D eigenvalue weighted by Gasteiger charge is -2.27. The number of aryl methyl sites for hydroxylation is 1. The summed E-state index contributed by atoms with van der Waals surface area (Å²) in [5.74, 6) is 2.00. The Morgan fingerprint density at radius 1 is 1.41 bits per heavy atom. The fourth-order valence-electron chi connectivity index (χ4n) is 2.94. The number of hydrogen-bond donors (Lipinski definition) is 3. The van der Waals surface area contributed by atoms with Gasteiger partial charge in [-0.2, -0.15) is 5.10 Å². The Balaban J connectivity index is 0.00000420. The Morgan fingerprint density at radius 3 is 2.76 bits per heavy atom. The molecule has 1 aromatic rings. The van der Waals surface area contributed by atoms with Crippen molar-refractivity contribution >= 4 is 36.0 Å². The Morgan fingerprint density at radius 2 is 2.14 bits per heavy atom. The summed E-state index contributed by atoms with van der Waals surface area (Å²) in [5, 5.41) is 14.0. The normalized spacial score (nSPS) is 17.8. The van der Waals surface area contributed by atoms with Crippen molar-refractivity contribution in [1.82, 2.24) is 30.7 Å². The average molecular weight is 521 g/mol. The van der Waals surface area contributed by atoms with Gasteiger partial charge in [-0.3, -0.25) is 4.99 Å². The smallest absolute Gasteiger partial charge is 0.407 e. The standard InChI is InChI=1S/C19H35N7O2.HI/c1-7-20-17(24-14-8-9-16-22-12-23-26(16)11-14)21-10-15(13(2)3)25-18(27)28-19(4,5)6;/h12-15H,7-11H2,1-6H3,(H,25,27)(H2,20,21,24);1H. The Kier molecular flexibility index (Phi) is 10.1. The van der Waals surface area contributed by atoms with Gasteiger partial charge in [0.2, 0.25) is 0 Å². The van der Waals surface area contributed by atoms with Crippen molar-refractivity contribution in [2.75, 3.05) is 13.1 Å². The fraction of sp³-hybridized carbons (Fsp3) is 0.789. The highest BCUT2D eigenvalue weighted by molar-refractivity contribution is 14.0. The number of amides is 1. The van der Waals surface area contributed by atoms with Crippen LogP contribution in [0.1, 0.15) is 53.8 Å². The molecule has 2 heterocycles. The molecule has 166 valence electrons. The van der Waals surface area contributed by atoms with E-state index in [4.69, 9.17) is 9.73 Å². The number of aromatic nitrogens is 3. The molecule has 29 heavy (non-hydrogen) atoms. The number of ether oxygens (including phenoxy) is 1. The molecule has 1 aliphatic rings. The van der Waals surface area contributed by atoms with E-state index in [9.17, 15) is 4.79 Å². The highest BCUT2D eigenvalue weighted by Gasteiger charge is 2.23. The number of halogens is 1. The molecule has 0 aromatic carbocycles. The summed E-state index contributed by atoms with van der Waals surface area (Å²) < 4.78 is 7.31. The minimum atomic E-state index is -0.521. The first-order valence-electron chi connectivity index (χ1n) is 10.1. The average Bonchev–Trinajstić information content (AvgIpc) is 3.04. The van der Waals surface area contributed by atoms with Crippen LogP contribution in [0.3, 0.4) is 0 Å². The van der Waals surface area contributed by atoms with E-state index in [2.05, 4.69) is 39.9 Å². The first kappa shape index (κ1) is 25.4. The van der Waals surface area contributed by atoms with Crippen molar-refractivity contribution in [3.8, 4) is 0 Å². The topological polar surface area (TPSA) is 105 Å². The van der Waals surface area contributed by atoms with Gasteiger partial charge in [0.1, 0.15) is 17.8 Å². The lowest BCUT2D eigenvalue weighted by atomic mass is 10.1. The van der Waals surface area contributed by atoms with Gasteiger partial charge >= 0.3 is 6.09 Å². The zero-order valence-corrected chi connectivity index (χ0v) is 20.7. The molecule has 0 saturated carbocycles. The zero-order valence-electron chi connectivity index (χ0n) is 18.4. The van der Waals surface area contributed by atoms with Crippen LogP contribution < -0.4 is 16.0 Å². The predicted octanol–water partition coefficient (Wildman–Crippen LogP) is 2.32. The number of carbonyl (C=O) groups excluding carboxylic acids is 1. The van der Waals surface area contributed by atoms with Crippen LogP contribution in [0.5, 0.6) is 0 Å². The number of nitrogens with zero attached hydrogens (tertiary/aromatic N) is 4. The maximum Gasteiger partial charge on any atom is 0.407 e. The Bertz CT molecular complexity index is 670. The van der Waals surface area contributed by atoms with Gasteiger partial charge in [-0.05, 0) is 40.0 Å². The Hall–Kier alpha value is -1.59. The Labute approximate surface area is 190 Å². The van der Waals surface area contributed by atoms with Crippen LogP contribution in [-0.2, 0) is 17.7 Å². The maximum atomic E-state index is 12.1. The number of nitrogens with one attached hydrogen (secondary N) is 3. The van der Waals surface area contributed by atoms with Gasteiger partial charge in [-0.25, -0.2) is 14.5 Å². The lowest BCUT2D eigenvalue weighted by molar-refractivity contribution is 0.0493. The molecule has 0 bridgehead atoms. The van der Waals surface area contributed by atoms with E-state index in [0.717, 1.165) is 37.7 Å². The summed E-state index contributed by atoms with van der Waals surface area (Å²) >= 11 is 0. The number of carbonyl (C=O) groups is 1. The summed E-state index contributed by atoms with van der Waals surface area (Å²) in [5.41, 5.74) is -0.521. The summed E-state index contributed by atoms with van der Waals surface area (Å²) in [6.45, 7) is 13.7. The summed E-state index contributed by atoms with van der Waals surface area (Å²) in [4.78, 5) is 21.1. The van der Waals surface area contributed by atoms with Gasteiger partial charge in [-0.15, -0.1) is 24.0 Å². The minimum Gasteiger partial charge on any atom is -0.444 e. The first-order valence-corrected chi connectivity index (χ1v) is 10.1. The van der Waals surface area contributed by atoms with Crippen LogP contribution >= 0.6 is 24.0 Å². The largest absolute Gasteiger partial charge is 0.444 e. The van der Waals surface area contributed by atoms with Crippen molar-refractivity contribution in [2.24, 2.45) is 10.9 Å². The number of alkyl carbamates (subject to hydrolysis) is 1. The molecule has 1 aromatic heterocycles. The summed E-state index contributed by atoms with van der Waals surface area (Å²) in [6, 6.07) is 0.127. The molecular formula is C19H36IN7O2. The number of guanidine groups is 1. The van der Waals surface area contributed by atoms with Gasteiger partial charge in [0.15, 0.2) is 5.96 Å². The second-order valence-electron chi connectivity index (χ2n) is 8.45. The molecule has 3 N–H and O–H groups in total. The van der Waals surface area contributed by atoms with Gasteiger partial charge in [0, 0.05) is 19.0 Å². The first-order chi connectivity index (χ1) is 13.2. The second kappa shape index (κ2) is 11.6. The minimum absolute atomic E-state index is 0. The lowest BCUT2D eigenvalue weighted by Crippen LogP contribution is -2.48. The fourth-order valence-corrected chi connectivity index (χ4v) is 2.94. The van der Waals surface area contributed by atoms with Crippen molar-refractivity contribution in [3.63, 3.8) is 0 Å². The molecule has 0 spiro atoms. The molecule has 0 radical (unpaired) electrons. The number of hydrogen-bond acceptors (Lipinski definition) is 5. The van der Waals surface area contributed by atoms with E-state index >= 15 is 0 Å². The quantitative estimate of drug-likeness (QED) is 0.302. The molecule has 0 aliphatic carbocycles. The van der Waals surface area contributed by atoms with Gasteiger partial charge in [-0.1, -0.05) is 13.8 Å².